The highest BCUT2D eigenvalue weighted by molar-refractivity contribution is 7.12. The van der Waals surface area contributed by atoms with E-state index in [1.807, 2.05) is 23.6 Å². The number of hydrogen-bond acceptors (Lipinski definition) is 3. The Bertz CT molecular complexity index is 673. The third kappa shape index (κ3) is 3.93. The molecule has 1 aromatic heterocycles. The fourth-order valence-corrected chi connectivity index (χ4v) is 4.25. The number of amides is 1. The predicted molar refractivity (Wildman–Crippen MR) is 97.5 cm³/mol. The molecule has 0 aliphatic heterocycles. The van der Waals surface area contributed by atoms with Gasteiger partial charge in [0, 0.05) is 24.8 Å². The van der Waals surface area contributed by atoms with Crippen LogP contribution in [0.5, 0.6) is 0 Å². The van der Waals surface area contributed by atoms with Crippen LogP contribution in [0.1, 0.15) is 53.8 Å². The average Bonchev–Trinajstić information content (AvgIpc) is 3.31. The Balaban J connectivity index is 1.53. The standard InChI is InChI=1S/C20H23NO2S/c22-17(18-9-6-14-24-18)10-11-19(23)21-15-20(12-4-5-13-20)16-7-2-1-3-8-16/h1-3,6-9,14H,4-5,10-13,15H2,(H,21,23). The summed E-state index contributed by atoms with van der Waals surface area (Å²) in [4.78, 5) is 24.9. The minimum atomic E-state index is -0.0258. The van der Waals surface area contributed by atoms with Gasteiger partial charge in [-0.05, 0) is 29.9 Å². The summed E-state index contributed by atoms with van der Waals surface area (Å²) in [5.41, 5.74) is 1.38. The van der Waals surface area contributed by atoms with Crippen molar-refractivity contribution in [2.75, 3.05) is 6.54 Å². The first-order valence-electron chi connectivity index (χ1n) is 8.59. The van der Waals surface area contributed by atoms with Crippen LogP contribution in [0.3, 0.4) is 0 Å². The van der Waals surface area contributed by atoms with E-state index in [1.54, 1.807) is 0 Å². The lowest BCUT2D eigenvalue weighted by atomic mass is 9.79. The number of ketones is 1. The minimum Gasteiger partial charge on any atom is -0.355 e. The number of rotatable bonds is 7. The molecular weight excluding hydrogens is 318 g/mol. The van der Waals surface area contributed by atoms with E-state index in [-0.39, 0.29) is 29.9 Å². The Hall–Kier alpha value is -1.94. The third-order valence-corrected chi connectivity index (χ3v) is 5.86. The highest BCUT2D eigenvalue weighted by atomic mass is 32.1. The molecule has 1 N–H and O–H groups in total. The van der Waals surface area contributed by atoms with Crippen molar-refractivity contribution in [1.82, 2.24) is 5.32 Å². The smallest absolute Gasteiger partial charge is 0.220 e. The molecule has 4 heteroatoms. The lowest BCUT2D eigenvalue weighted by Crippen LogP contribution is -2.39. The first kappa shape index (κ1) is 16.9. The highest BCUT2D eigenvalue weighted by Crippen LogP contribution is 2.40. The summed E-state index contributed by atoms with van der Waals surface area (Å²) in [6, 6.07) is 14.2. The molecule has 0 saturated heterocycles. The second-order valence-corrected chi connectivity index (χ2v) is 7.48. The van der Waals surface area contributed by atoms with Crippen LogP contribution in [-0.4, -0.2) is 18.2 Å². The minimum absolute atomic E-state index is 0.0258. The number of carbonyl (C=O) groups is 2. The molecule has 0 atom stereocenters. The summed E-state index contributed by atoms with van der Waals surface area (Å²) in [7, 11) is 0. The maximum Gasteiger partial charge on any atom is 0.220 e. The first-order chi connectivity index (χ1) is 11.7. The summed E-state index contributed by atoms with van der Waals surface area (Å²) in [5, 5.41) is 4.96. The molecular formula is C20H23NO2S. The van der Waals surface area contributed by atoms with Crippen LogP contribution in [0.2, 0.25) is 0 Å². The van der Waals surface area contributed by atoms with E-state index in [2.05, 4.69) is 29.6 Å². The monoisotopic (exact) mass is 341 g/mol. The van der Waals surface area contributed by atoms with Gasteiger partial charge in [-0.1, -0.05) is 49.2 Å². The Labute approximate surface area is 147 Å². The normalized spacial score (nSPS) is 16.0. The summed E-state index contributed by atoms with van der Waals surface area (Å²) < 4.78 is 0. The molecule has 1 aromatic carbocycles. The zero-order valence-corrected chi connectivity index (χ0v) is 14.6. The molecule has 1 amide bonds. The number of hydrogen-bond donors (Lipinski definition) is 1. The quantitative estimate of drug-likeness (QED) is 0.762. The Morgan fingerprint density at radius 1 is 1.00 bits per heavy atom. The summed E-state index contributed by atoms with van der Waals surface area (Å²) >= 11 is 1.43. The maximum atomic E-state index is 12.2. The molecule has 3 nitrogen and oxygen atoms in total. The summed E-state index contributed by atoms with van der Waals surface area (Å²) in [6.07, 6.45) is 5.20. The van der Waals surface area contributed by atoms with Crippen LogP contribution >= 0.6 is 11.3 Å². The molecule has 1 heterocycles. The maximum absolute atomic E-state index is 12.2. The van der Waals surface area contributed by atoms with Crippen molar-refractivity contribution in [3.63, 3.8) is 0 Å². The zero-order valence-electron chi connectivity index (χ0n) is 13.8. The van der Waals surface area contributed by atoms with E-state index in [4.69, 9.17) is 0 Å². The van der Waals surface area contributed by atoms with Crippen LogP contribution in [-0.2, 0) is 10.2 Å². The van der Waals surface area contributed by atoms with Crippen molar-refractivity contribution < 1.29 is 9.59 Å². The van der Waals surface area contributed by atoms with Gasteiger partial charge in [0.1, 0.15) is 0 Å². The van der Waals surface area contributed by atoms with E-state index in [9.17, 15) is 9.59 Å². The van der Waals surface area contributed by atoms with Gasteiger partial charge in [0.05, 0.1) is 4.88 Å². The van der Waals surface area contributed by atoms with Crippen molar-refractivity contribution in [3.05, 3.63) is 58.3 Å². The molecule has 0 bridgehead atoms. The summed E-state index contributed by atoms with van der Waals surface area (Å²) in [6.45, 7) is 0.670. The van der Waals surface area contributed by atoms with Gasteiger partial charge in [-0.2, -0.15) is 0 Å². The van der Waals surface area contributed by atoms with Gasteiger partial charge in [-0.25, -0.2) is 0 Å². The van der Waals surface area contributed by atoms with Gasteiger partial charge < -0.3 is 5.32 Å². The van der Waals surface area contributed by atoms with Crippen molar-refractivity contribution in [1.29, 1.82) is 0 Å². The summed E-state index contributed by atoms with van der Waals surface area (Å²) in [5.74, 6) is 0.0286. The van der Waals surface area contributed by atoms with Crippen LogP contribution in [0.25, 0.3) is 0 Å². The lowest BCUT2D eigenvalue weighted by Gasteiger charge is -2.30. The van der Waals surface area contributed by atoms with Crippen molar-refractivity contribution >= 4 is 23.0 Å². The lowest BCUT2D eigenvalue weighted by molar-refractivity contribution is -0.121. The average molecular weight is 341 g/mol. The van der Waals surface area contributed by atoms with E-state index < -0.39 is 0 Å². The van der Waals surface area contributed by atoms with Crippen LogP contribution in [0, 0.1) is 0 Å². The molecule has 0 unspecified atom stereocenters. The SMILES string of the molecule is O=C(CCC(=O)c1cccs1)NCC1(c2ccccc2)CCCC1. The molecule has 0 spiro atoms. The number of carbonyl (C=O) groups excluding carboxylic acids is 2. The van der Waals surface area contributed by atoms with Gasteiger partial charge >= 0.3 is 0 Å². The fourth-order valence-electron chi connectivity index (χ4n) is 3.55. The Morgan fingerprint density at radius 2 is 1.75 bits per heavy atom. The predicted octanol–water partition coefficient (Wildman–Crippen LogP) is 4.34. The topological polar surface area (TPSA) is 46.2 Å². The number of benzene rings is 1. The van der Waals surface area contributed by atoms with Gasteiger partial charge in [0.15, 0.2) is 5.78 Å². The molecule has 24 heavy (non-hydrogen) atoms. The van der Waals surface area contributed by atoms with Gasteiger partial charge in [0.25, 0.3) is 0 Å². The van der Waals surface area contributed by atoms with E-state index in [0.717, 1.165) is 17.7 Å². The fraction of sp³-hybridized carbons (Fsp3) is 0.400. The van der Waals surface area contributed by atoms with E-state index >= 15 is 0 Å². The molecule has 3 rings (SSSR count). The van der Waals surface area contributed by atoms with E-state index in [0.29, 0.717) is 6.54 Å². The van der Waals surface area contributed by atoms with Gasteiger partial charge in [-0.3, -0.25) is 9.59 Å². The number of thiophene rings is 1. The van der Waals surface area contributed by atoms with E-state index in [1.165, 1.54) is 29.7 Å². The zero-order chi connectivity index (χ0) is 16.8. The molecule has 1 saturated carbocycles. The highest BCUT2D eigenvalue weighted by Gasteiger charge is 2.35. The molecule has 126 valence electrons. The van der Waals surface area contributed by atoms with Gasteiger partial charge in [0.2, 0.25) is 5.91 Å². The molecule has 0 radical (unpaired) electrons. The Morgan fingerprint density at radius 3 is 2.42 bits per heavy atom. The number of Topliss-reactive ketones (excluding diaryl/α,β-unsaturated/α-hetero) is 1. The third-order valence-electron chi connectivity index (χ3n) is 4.95. The van der Waals surface area contributed by atoms with Crippen LogP contribution in [0.4, 0.5) is 0 Å². The van der Waals surface area contributed by atoms with Gasteiger partial charge in [-0.15, -0.1) is 11.3 Å². The van der Waals surface area contributed by atoms with Crippen LogP contribution in [0.15, 0.2) is 47.8 Å². The Kier molecular flexibility index (Phi) is 5.46. The number of nitrogens with one attached hydrogen (secondary N) is 1. The molecule has 1 aliphatic rings. The largest absolute Gasteiger partial charge is 0.355 e. The molecule has 2 aromatic rings. The molecule has 1 aliphatic carbocycles. The van der Waals surface area contributed by atoms with Crippen LogP contribution < -0.4 is 5.32 Å². The molecule has 1 fully saturated rings. The first-order valence-corrected chi connectivity index (χ1v) is 9.47. The van der Waals surface area contributed by atoms with Crippen molar-refractivity contribution in [2.24, 2.45) is 0 Å². The van der Waals surface area contributed by atoms with Crippen molar-refractivity contribution in [3.8, 4) is 0 Å². The van der Waals surface area contributed by atoms with Crippen molar-refractivity contribution in [2.45, 2.75) is 43.9 Å². The second kappa shape index (κ2) is 7.75. The second-order valence-electron chi connectivity index (χ2n) is 6.53.